The summed E-state index contributed by atoms with van der Waals surface area (Å²) in [6, 6.07) is 10.8. The molecule has 3 heterocycles. The Morgan fingerprint density at radius 3 is 2.33 bits per heavy atom. The van der Waals surface area contributed by atoms with Crippen molar-refractivity contribution in [2.75, 3.05) is 56.3 Å². The summed E-state index contributed by atoms with van der Waals surface area (Å²) in [7, 11) is 0. The lowest BCUT2D eigenvalue weighted by Crippen LogP contribution is -2.37. The highest BCUT2D eigenvalue weighted by atomic mass is 16.5. The molecule has 1 aliphatic rings. The zero-order valence-corrected chi connectivity index (χ0v) is 27.6. The number of fused-ring (bicyclic) bond motifs is 1. The Labute approximate surface area is 266 Å². The van der Waals surface area contributed by atoms with Gasteiger partial charge in [0.15, 0.2) is 0 Å². The van der Waals surface area contributed by atoms with Crippen molar-refractivity contribution in [2.24, 2.45) is 5.73 Å². The minimum Gasteiger partial charge on any atom is -0.427 e. The number of hydrogen-bond acceptors (Lipinski definition) is 10. The number of morpholine rings is 1. The SMILES string of the molecule is Cc1cc(C(C)Nc2ccc(OC(=O)CCC(C)(C)OCCOC(C)(C)CCN)cc2)c2nc(N3CCOCC3)cc(=O)n2c1. The molecule has 3 aromatic rings. The molecule has 1 atom stereocenters. The molecule has 1 saturated heterocycles. The maximum atomic E-state index is 13.1. The van der Waals surface area contributed by atoms with E-state index in [9.17, 15) is 9.59 Å². The van der Waals surface area contributed by atoms with Crippen LogP contribution in [-0.2, 0) is 19.0 Å². The molecule has 1 unspecified atom stereocenters. The zero-order valence-electron chi connectivity index (χ0n) is 27.6. The molecule has 246 valence electrons. The Hall–Kier alpha value is -3.51. The first kappa shape index (κ1) is 34.4. The van der Waals surface area contributed by atoms with Crippen molar-refractivity contribution in [3.8, 4) is 5.75 Å². The van der Waals surface area contributed by atoms with Gasteiger partial charge < -0.3 is 34.9 Å². The fourth-order valence-corrected chi connectivity index (χ4v) is 5.29. The average Bonchev–Trinajstić information content (AvgIpc) is 3.00. The van der Waals surface area contributed by atoms with Crippen LogP contribution in [0.1, 0.15) is 71.0 Å². The van der Waals surface area contributed by atoms with Gasteiger partial charge in [0.25, 0.3) is 5.56 Å². The highest BCUT2D eigenvalue weighted by Crippen LogP contribution is 2.26. The number of aromatic nitrogens is 2. The van der Waals surface area contributed by atoms with Crippen LogP contribution < -0.4 is 26.2 Å². The van der Waals surface area contributed by atoms with E-state index in [1.807, 2.05) is 59.9 Å². The summed E-state index contributed by atoms with van der Waals surface area (Å²) in [5, 5.41) is 3.50. The van der Waals surface area contributed by atoms with Gasteiger partial charge in [0.2, 0.25) is 0 Å². The lowest BCUT2D eigenvalue weighted by molar-refractivity contribution is -0.136. The van der Waals surface area contributed by atoms with Gasteiger partial charge in [-0.2, -0.15) is 0 Å². The van der Waals surface area contributed by atoms with Crippen LogP contribution in [0.4, 0.5) is 11.5 Å². The first-order valence-corrected chi connectivity index (χ1v) is 15.8. The molecule has 1 aliphatic heterocycles. The van der Waals surface area contributed by atoms with Crippen LogP contribution in [0.15, 0.2) is 47.4 Å². The Morgan fingerprint density at radius 2 is 1.69 bits per heavy atom. The summed E-state index contributed by atoms with van der Waals surface area (Å²) in [4.78, 5) is 32.6. The molecule has 2 aromatic heterocycles. The van der Waals surface area contributed by atoms with E-state index >= 15 is 0 Å². The first-order valence-electron chi connectivity index (χ1n) is 15.8. The summed E-state index contributed by atoms with van der Waals surface area (Å²) in [6.07, 6.45) is 3.34. The number of hydrogen-bond donors (Lipinski definition) is 2. The minimum atomic E-state index is -0.493. The standard InChI is InChI=1S/C34H49N5O6/c1-24-21-28(32-37-29(22-30(40)39(32)23-24)38-15-17-42-18-16-38)25(2)36-26-7-9-27(10-8-26)45-31(41)11-12-33(3,4)43-19-20-44-34(5,6)13-14-35/h7-10,21-23,25,36H,11-20,35H2,1-6H3. The van der Waals surface area contributed by atoms with Crippen LogP contribution in [0.25, 0.3) is 5.65 Å². The number of nitrogens with zero attached hydrogens (tertiary/aromatic N) is 3. The molecule has 4 rings (SSSR count). The van der Waals surface area contributed by atoms with E-state index in [2.05, 4.69) is 16.3 Å². The van der Waals surface area contributed by atoms with Gasteiger partial charge in [0.05, 0.1) is 43.7 Å². The Bertz CT molecular complexity index is 1480. The summed E-state index contributed by atoms with van der Waals surface area (Å²) in [6.45, 7) is 16.0. The van der Waals surface area contributed by atoms with Crippen LogP contribution in [0.2, 0.25) is 0 Å². The fraction of sp³-hybridized carbons (Fsp3) is 0.559. The number of esters is 1. The highest BCUT2D eigenvalue weighted by molar-refractivity contribution is 5.72. The molecular weight excluding hydrogens is 574 g/mol. The van der Waals surface area contributed by atoms with Crippen molar-refractivity contribution in [3.63, 3.8) is 0 Å². The predicted molar refractivity (Wildman–Crippen MR) is 176 cm³/mol. The van der Waals surface area contributed by atoms with Gasteiger partial charge in [-0.3, -0.25) is 14.0 Å². The van der Waals surface area contributed by atoms with Crippen LogP contribution in [0.3, 0.4) is 0 Å². The lowest BCUT2D eigenvalue weighted by Gasteiger charge is -2.28. The summed E-state index contributed by atoms with van der Waals surface area (Å²) in [5.41, 5.74) is 8.09. The number of rotatable bonds is 15. The van der Waals surface area contributed by atoms with Gasteiger partial charge in [-0.25, -0.2) is 4.98 Å². The molecule has 3 N–H and O–H groups in total. The Morgan fingerprint density at radius 1 is 1.04 bits per heavy atom. The number of anilines is 2. The van der Waals surface area contributed by atoms with Gasteiger partial charge in [-0.15, -0.1) is 0 Å². The molecule has 0 amide bonds. The van der Waals surface area contributed by atoms with E-state index < -0.39 is 5.60 Å². The van der Waals surface area contributed by atoms with E-state index in [0.29, 0.717) is 69.7 Å². The number of aryl methyl sites for hydroxylation is 1. The topological polar surface area (TPSA) is 130 Å². The summed E-state index contributed by atoms with van der Waals surface area (Å²) < 4.78 is 24.5. The number of nitrogens with one attached hydrogen (secondary N) is 1. The molecule has 1 fully saturated rings. The van der Waals surface area contributed by atoms with Crippen molar-refractivity contribution >= 4 is 23.1 Å². The van der Waals surface area contributed by atoms with Crippen molar-refractivity contribution in [1.82, 2.24) is 9.38 Å². The molecule has 11 nitrogen and oxygen atoms in total. The van der Waals surface area contributed by atoms with E-state index in [0.717, 1.165) is 23.2 Å². The molecular formula is C34H49N5O6. The van der Waals surface area contributed by atoms with Crippen molar-refractivity contribution < 1.29 is 23.7 Å². The molecule has 0 spiro atoms. The van der Waals surface area contributed by atoms with Gasteiger partial charge >= 0.3 is 5.97 Å². The molecule has 1 aromatic carbocycles. The zero-order chi connectivity index (χ0) is 32.6. The second kappa shape index (κ2) is 15.2. The number of benzene rings is 1. The maximum absolute atomic E-state index is 13.1. The first-order chi connectivity index (χ1) is 21.4. The third-order valence-electron chi connectivity index (χ3n) is 7.93. The van der Waals surface area contributed by atoms with E-state index in [-0.39, 0.29) is 29.6 Å². The summed E-state index contributed by atoms with van der Waals surface area (Å²) >= 11 is 0. The van der Waals surface area contributed by atoms with E-state index in [1.165, 1.54) is 0 Å². The quantitative estimate of drug-likeness (QED) is 0.140. The predicted octanol–water partition coefficient (Wildman–Crippen LogP) is 4.64. The maximum Gasteiger partial charge on any atom is 0.311 e. The average molecular weight is 624 g/mol. The van der Waals surface area contributed by atoms with Crippen molar-refractivity contribution in [2.45, 2.75) is 78.0 Å². The number of pyridine rings is 1. The lowest BCUT2D eigenvalue weighted by atomic mass is 10.0. The smallest absolute Gasteiger partial charge is 0.311 e. The minimum absolute atomic E-state index is 0.115. The number of carbonyl (C=O) groups is 1. The number of carbonyl (C=O) groups excluding carboxylic acids is 1. The largest absolute Gasteiger partial charge is 0.427 e. The van der Waals surface area contributed by atoms with Gasteiger partial charge in [0, 0.05) is 43.0 Å². The molecule has 0 saturated carbocycles. The van der Waals surface area contributed by atoms with E-state index in [4.69, 9.17) is 29.7 Å². The van der Waals surface area contributed by atoms with Gasteiger partial charge in [-0.05, 0) is 96.8 Å². The molecule has 0 aliphatic carbocycles. The van der Waals surface area contributed by atoms with Crippen LogP contribution in [0.5, 0.6) is 5.75 Å². The Kier molecular flexibility index (Phi) is 11.6. The van der Waals surface area contributed by atoms with Crippen LogP contribution in [0, 0.1) is 6.92 Å². The van der Waals surface area contributed by atoms with Crippen LogP contribution in [-0.4, -0.2) is 72.6 Å². The Balaban J connectivity index is 1.32. The second-order valence-electron chi connectivity index (χ2n) is 12.8. The number of nitrogens with two attached hydrogens (primary N) is 1. The molecule has 45 heavy (non-hydrogen) atoms. The van der Waals surface area contributed by atoms with Gasteiger partial charge in [-0.1, -0.05) is 0 Å². The molecule has 0 bridgehead atoms. The highest BCUT2D eigenvalue weighted by Gasteiger charge is 2.23. The van der Waals surface area contributed by atoms with Gasteiger partial charge in [0.1, 0.15) is 17.2 Å². The van der Waals surface area contributed by atoms with Crippen LogP contribution >= 0.6 is 0 Å². The van der Waals surface area contributed by atoms with E-state index in [1.54, 1.807) is 22.6 Å². The van der Waals surface area contributed by atoms with Crippen molar-refractivity contribution in [3.05, 3.63) is 64.1 Å². The molecule has 0 radical (unpaired) electrons. The molecule has 11 heteroatoms. The normalized spacial score (nSPS) is 14.9. The summed E-state index contributed by atoms with van der Waals surface area (Å²) in [5.74, 6) is 0.815. The third-order valence-corrected chi connectivity index (χ3v) is 7.93. The second-order valence-corrected chi connectivity index (χ2v) is 12.8. The fourth-order valence-electron chi connectivity index (χ4n) is 5.29. The number of ether oxygens (including phenoxy) is 4. The monoisotopic (exact) mass is 623 g/mol. The van der Waals surface area contributed by atoms with Crippen molar-refractivity contribution in [1.29, 1.82) is 0 Å². The third kappa shape index (κ3) is 9.99.